The SMILES string of the molecule is CCN1CCN(S(=O)(=O)c2c(Cl)cccc2Cl)CC1. The zero-order valence-electron chi connectivity index (χ0n) is 10.6. The highest BCUT2D eigenvalue weighted by atomic mass is 35.5. The van der Waals surface area contributed by atoms with Crippen molar-refractivity contribution < 1.29 is 8.42 Å². The normalized spacial score (nSPS) is 18.7. The summed E-state index contributed by atoms with van der Waals surface area (Å²) < 4.78 is 26.6. The third kappa shape index (κ3) is 3.06. The molecule has 0 spiro atoms. The molecule has 4 nitrogen and oxygen atoms in total. The van der Waals surface area contributed by atoms with Gasteiger partial charge in [0.25, 0.3) is 0 Å². The van der Waals surface area contributed by atoms with Gasteiger partial charge >= 0.3 is 0 Å². The lowest BCUT2D eigenvalue weighted by Gasteiger charge is -2.33. The summed E-state index contributed by atoms with van der Waals surface area (Å²) in [5.41, 5.74) is 0. The van der Waals surface area contributed by atoms with Crippen LogP contribution in [-0.4, -0.2) is 50.3 Å². The molecule has 0 unspecified atom stereocenters. The lowest BCUT2D eigenvalue weighted by Crippen LogP contribution is -2.48. The highest BCUT2D eigenvalue weighted by Crippen LogP contribution is 2.31. The molecule has 7 heteroatoms. The van der Waals surface area contributed by atoms with Crippen LogP contribution in [0.25, 0.3) is 0 Å². The van der Waals surface area contributed by atoms with E-state index in [0.29, 0.717) is 13.1 Å². The van der Waals surface area contributed by atoms with E-state index in [1.165, 1.54) is 4.31 Å². The second-order valence-electron chi connectivity index (χ2n) is 4.39. The molecule has 1 heterocycles. The summed E-state index contributed by atoms with van der Waals surface area (Å²) in [5.74, 6) is 0. The molecule has 0 bridgehead atoms. The van der Waals surface area contributed by atoms with Crippen LogP contribution in [0.4, 0.5) is 0 Å². The summed E-state index contributed by atoms with van der Waals surface area (Å²) in [5, 5.41) is 0.343. The summed E-state index contributed by atoms with van der Waals surface area (Å²) in [6, 6.07) is 4.73. The van der Waals surface area contributed by atoms with Crippen molar-refractivity contribution >= 4 is 33.2 Å². The Kier molecular flexibility index (Phi) is 4.74. The highest BCUT2D eigenvalue weighted by molar-refractivity contribution is 7.89. The third-order valence-corrected chi connectivity index (χ3v) is 6.15. The van der Waals surface area contributed by atoms with Gasteiger partial charge in [-0.05, 0) is 18.7 Å². The largest absolute Gasteiger partial charge is 0.301 e. The van der Waals surface area contributed by atoms with Crippen molar-refractivity contribution in [1.82, 2.24) is 9.21 Å². The van der Waals surface area contributed by atoms with E-state index in [9.17, 15) is 8.42 Å². The van der Waals surface area contributed by atoms with Gasteiger partial charge in [0.1, 0.15) is 4.90 Å². The fourth-order valence-corrected chi connectivity index (χ4v) is 4.66. The van der Waals surface area contributed by atoms with Crippen LogP contribution >= 0.6 is 23.2 Å². The summed E-state index contributed by atoms with van der Waals surface area (Å²) in [7, 11) is -3.61. The minimum atomic E-state index is -3.61. The number of sulfonamides is 1. The molecule has 0 radical (unpaired) electrons. The molecule has 1 aromatic carbocycles. The van der Waals surface area contributed by atoms with E-state index in [1.807, 2.05) is 0 Å². The lowest BCUT2D eigenvalue weighted by atomic mass is 10.4. The molecule has 0 atom stereocenters. The van der Waals surface area contributed by atoms with Gasteiger partial charge in [-0.15, -0.1) is 0 Å². The van der Waals surface area contributed by atoms with Crippen molar-refractivity contribution in [1.29, 1.82) is 0 Å². The summed E-state index contributed by atoms with van der Waals surface area (Å²) in [4.78, 5) is 2.23. The summed E-state index contributed by atoms with van der Waals surface area (Å²) in [6.07, 6.45) is 0. The first-order valence-corrected chi connectivity index (χ1v) is 8.33. The molecule has 0 aliphatic carbocycles. The van der Waals surface area contributed by atoms with Crippen molar-refractivity contribution in [3.05, 3.63) is 28.2 Å². The molecule has 0 aromatic heterocycles. The molecule has 2 rings (SSSR count). The van der Waals surface area contributed by atoms with Crippen LogP contribution in [0.3, 0.4) is 0 Å². The van der Waals surface area contributed by atoms with Crippen LogP contribution in [0.5, 0.6) is 0 Å². The van der Waals surface area contributed by atoms with Gasteiger partial charge in [-0.2, -0.15) is 4.31 Å². The van der Waals surface area contributed by atoms with E-state index < -0.39 is 10.0 Å². The Hall–Kier alpha value is -0.330. The standard InChI is InChI=1S/C12H16Cl2N2O2S/c1-2-15-6-8-16(9-7-15)19(17,18)12-10(13)4-3-5-11(12)14/h3-5H,2,6-9H2,1H3. The van der Waals surface area contributed by atoms with Crippen molar-refractivity contribution in [2.45, 2.75) is 11.8 Å². The van der Waals surface area contributed by atoms with E-state index in [4.69, 9.17) is 23.2 Å². The van der Waals surface area contributed by atoms with Crippen molar-refractivity contribution in [3.63, 3.8) is 0 Å². The maximum atomic E-state index is 12.6. The molecule has 1 aromatic rings. The van der Waals surface area contributed by atoms with Gasteiger partial charge in [0, 0.05) is 26.2 Å². The third-order valence-electron chi connectivity index (χ3n) is 3.30. The first-order valence-electron chi connectivity index (χ1n) is 6.13. The van der Waals surface area contributed by atoms with Crippen molar-refractivity contribution in [2.24, 2.45) is 0 Å². The first-order chi connectivity index (χ1) is 8.96. The minimum absolute atomic E-state index is 0.0169. The Balaban J connectivity index is 2.29. The van der Waals surface area contributed by atoms with Crippen LogP contribution in [0.1, 0.15) is 6.92 Å². The molecule has 0 saturated carbocycles. The van der Waals surface area contributed by atoms with E-state index in [1.54, 1.807) is 18.2 Å². The summed E-state index contributed by atoms with van der Waals surface area (Å²) in [6.45, 7) is 5.40. The van der Waals surface area contributed by atoms with Gasteiger partial charge < -0.3 is 4.90 Å². The van der Waals surface area contributed by atoms with Gasteiger partial charge in [-0.3, -0.25) is 0 Å². The first kappa shape index (κ1) is 15.1. The van der Waals surface area contributed by atoms with Crippen LogP contribution in [-0.2, 0) is 10.0 Å². The van der Waals surface area contributed by atoms with Gasteiger partial charge in [-0.25, -0.2) is 8.42 Å². The number of benzene rings is 1. The predicted octanol–water partition coefficient (Wildman–Crippen LogP) is 2.32. The van der Waals surface area contributed by atoms with Crippen LogP contribution in [0.2, 0.25) is 10.0 Å². The van der Waals surface area contributed by atoms with Crippen LogP contribution < -0.4 is 0 Å². The number of hydrogen-bond acceptors (Lipinski definition) is 3. The van der Waals surface area contributed by atoms with Crippen LogP contribution in [0, 0.1) is 0 Å². The Morgan fingerprint density at radius 3 is 2.11 bits per heavy atom. The molecule has 0 amide bonds. The van der Waals surface area contributed by atoms with E-state index >= 15 is 0 Å². The van der Waals surface area contributed by atoms with Crippen molar-refractivity contribution in [2.75, 3.05) is 32.7 Å². The number of likely N-dealkylation sites (N-methyl/N-ethyl adjacent to an activating group) is 1. The molecular formula is C12H16Cl2N2O2S. The van der Waals surface area contributed by atoms with Gasteiger partial charge in [-0.1, -0.05) is 36.2 Å². The zero-order valence-corrected chi connectivity index (χ0v) is 13.0. The monoisotopic (exact) mass is 322 g/mol. The predicted molar refractivity (Wildman–Crippen MR) is 77.3 cm³/mol. The average molecular weight is 323 g/mol. The fraction of sp³-hybridized carbons (Fsp3) is 0.500. The van der Waals surface area contributed by atoms with Crippen LogP contribution in [0.15, 0.2) is 23.1 Å². The second kappa shape index (κ2) is 5.97. The smallest absolute Gasteiger partial charge is 0.246 e. The molecule has 1 aliphatic rings. The molecule has 19 heavy (non-hydrogen) atoms. The molecular weight excluding hydrogens is 307 g/mol. The Labute approximate surface area is 124 Å². The topological polar surface area (TPSA) is 40.6 Å². The maximum Gasteiger partial charge on any atom is 0.246 e. The molecule has 0 N–H and O–H groups in total. The zero-order chi connectivity index (χ0) is 14.0. The average Bonchev–Trinajstić information content (AvgIpc) is 2.38. The number of hydrogen-bond donors (Lipinski definition) is 0. The number of piperazine rings is 1. The Morgan fingerprint density at radius 2 is 1.63 bits per heavy atom. The lowest BCUT2D eigenvalue weighted by molar-refractivity contribution is 0.196. The molecule has 106 valence electrons. The summed E-state index contributed by atoms with van der Waals surface area (Å²) >= 11 is 12.0. The van der Waals surface area contributed by atoms with Gasteiger partial charge in [0.05, 0.1) is 10.0 Å². The minimum Gasteiger partial charge on any atom is -0.301 e. The number of nitrogens with zero attached hydrogens (tertiary/aromatic N) is 2. The van der Waals surface area contributed by atoms with Gasteiger partial charge in [0.2, 0.25) is 10.0 Å². The second-order valence-corrected chi connectivity index (χ2v) is 7.08. The van der Waals surface area contributed by atoms with E-state index in [0.717, 1.165) is 19.6 Å². The van der Waals surface area contributed by atoms with E-state index in [2.05, 4.69) is 11.8 Å². The Bertz CT molecular complexity index is 535. The molecule has 1 fully saturated rings. The maximum absolute atomic E-state index is 12.6. The number of rotatable bonds is 3. The Morgan fingerprint density at radius 1 is 1.11 bits per heavy atom. The van der Waals surface area contributed by atoms with E-state index in [-0.39, 0.29) is 14.9 Å². The quantitative estimate of drug-likeness (QED) is 0.857. The molecule has 1 aliphatic heterocycles. The highest BCUT2D eigenvalue weighted by Gasteiger charge is 2.31. The number of halogens is 2. The fourth-order valence-electron chi connectivity index (χ4n) is 2.14. The van der Waals surface area contributed by atoms with Gasteiger partial charge in [0.15, 0.2) is 0 Å². The molecule has 1 saturated heterocycles. The van der Waals surface area contributed by atoms with Crippen molar-refractivity contribution in [3.8, 4) is 0 Å².